The van der Waals surface area contributed by atoms with Crippen LogP contribution in [0.2, 0.25) is 0 Å². The number of carbonyl (C=O) groups excluding carboxylic acids is 1. The van der Waals surface area contributed by atoms with Crippen molar-refractivity contribution in [2.45, 2.75) is 11.7 Å². The van der Waals surface area contributed by atoms with E-state index in [0.717, 1.165) is 11.3 Å². The lowest BCUT2D eigenvalue weighted by molar-refractivity contribution is 0.102. The summed E-state index contributed by atoms with van der Waals surface area (Å²) in [5.41, 5.74) is 1.85. The van der Waals surface area contributed by atoms with Gasteiger partial charge in [0, 0.05) is 29.6 Å². The van der Waals surface area contributed by atoms with E-state index in [1.807, 2.05) is 48.5 Å². The van der Waals surface area contributed by atoms with Crippen LogP contribution < -0.4 is 10.9 Å². The number of anilines is 1. The Hall–Kier alpha value is -3.30. The van der Waals surface area contributed by atoms with E-state index in [1.54, 1.807) is 10.6 Å². The molecule has 0 spiro atoms. The standard InChI is InChI=1S/C21H15N3O2S/c25-19(17-14-22-21-24(20(17)26)12-13-27-21)23-18-9-5-4-8-16(18)11-10-15-6-2-1-3-7-15/h1-9,14H,12-13H2,(H,23,25). The van der Waals surface area contributed by atoms with Crippen molar-refractivity contribution in [3.63, 3.8) is 0 Å². The number of carbonyl (C=O) groups is 1. The predicted molar refractivity (Wildman–Crippen MR) is 106 cm³/mol. The Balaban J connectivity index is 1.62. The topological polar surface area (TPSA) is 64.0 Å². The molecule has 5 nitrogen and oxygen atoms in total. The summed E-state index contributed by atoms with van der Waals surface area (Å²) in [6.45, 7) is 0.575. The number of para-hydroxylation sites is 1. The van der Waals surface area contributed by atoms with Crippen LogP contribution in [-0.2, 0) is 6.54 Å². The molecule has 1 amide bonds. The number of hydrogen-bond acceptors (Lipinski definition) is 4. The van der Waals surface area contributed by atoms with E-state index < -0.39 is 5.91 Å². The Bertz CT molecular complexity index is 1130. The number of nitrogens with one attached hydrogen (secondary N) is 1. The van der Waals surface area contributed by atoms with Gasteiger partial charge >= 0.3 is 0 Å². The van der Waals surface area contributed by atoms with Crippen LogP contribution >= 0.6 is 11.8 Å². The zero-order valence-corrected chi connectivity index (χ0v) is 15.1. The molecule has 2 heterocycles. The average Bonchev–Trinajstić information content (AvgIpc) is 3.18. The second-order valence-electron chi connectivity index (χ2n) is 5.88. The van der Waals surface area contributed by atoms with Crippen LogP contribution in [0.25, 0.3) is 0 Å². The largest absolute Gasteiger partial charge is 0.321 e. The lowest BCUT2D eigenvalue weighted by atomic mass is 10.1. The van der Waals surface area contributed by atoms with Gasteiger partial charge in [-0.2, -0.15) is 0 Å². The van der Waals surface area contributed by atoms with Gasteiger partial charge in [-0.25, -0.2) is 4.98 Å². The van der Waals surface area contributed by atoms with Crippen molar-refractivity contribution in [2.75, 3.05) is 11.1 Å². The molecule has 0 unspecified atom stereocenters. The Labute approximate surface area is 160 Å². The van der Waals surface area contributed by atoms with Crippen molar-refractivity contribution < 1.29 is 4.79 Å². The number of aromatic nitrogens is 2. The molecule has 0 saturated heterocycles. The molecule has 0 bridgehead atoms. The van der Waals surface area contributed by atoms with Gasteiger partial charge < -0.3 is 5.32 Å². The highest BCUT2D eigenvalue weighted by molar-refractivity contribution is 7.99. The number of amides is 1. The summed E-state index contributed by atoms with van der Waals surface area (Å²) < 4.78 is 1.54. The minimum atomic E-state index is -0.478. The molecule has 3 aromatic rings. The van der Waals surface area contributed by atoms with Crippen LogP contribution in [0.15, 0.2) is 70.7 Å². The Morgan fingerprint density at radius 2 is 1.85 bits per heavy atom. The maximum absolute atomic E-state index is 12.6. The predicted octanol–water partition coefficient (Wildman–Crippen LogP) is 3.00. The minimum Gasteiger partial charge on any atom is -0.321 e. The number of fused-ring (bicyclic) bond motifs is 1. The number of hydrogen-bond donors (Lipinski definition) is 1. The molecule has 0 saturated carbocycles. The molecule has 132 valence electrons. The molecular weight excluding hydrogens is 358 g/mol. The monoisotopic (exact) mass is 373 g/mol. The fourth-order valence-electron chi connectivity index (χ4n) is 2.73. The molecule has 0 atom stereocenters. The highest BCUT2D eigenvalue weighted by atomic mass is 32.2. The molecule has 27 heavy (non-hydrogen) atoms. The summed E-state index contributed by atoms with van der Waals surface area (Å²) in [4.78, 5) is 29.4. The van der Waals surface area contributed by atoms with Crippen LogP contribution in [0.1, 0.15) is 21.5 Å². The first-order chi connectivity index (χ1) is 13.2. The second kappa shape index (κ2) is 7.52. The van der Waals surface area contributed by atoms with Crippen molar-refractivity contribution in [1.29, 1.82) is 0 Å². The fourth-order valence-corrected chi connectivity index (χ4v) is 3.64. The molecular formula is C21H15N3O2S. The van der Waals surface area contributed by atoms with Crippen LogP contribution in [0, 0.1) is 11.8 Å². The lowest BCUT2D eigenvalue weighted by Gasteiger charge is -2.08. The van der Waals surface area contributed by atoms with E-state index in [2.05, 4.69) is 22.1 Å². The zero-order chi connectivity index (χ0) is 18.6. The second-order valence-corrected chi connectivity index (χ2v) is 6.94. The number of nitrogens with zero attached hydrogens (tertiary/aromatic N) is 2. The molecule has 1 aliphatic heterocycles. The van der Waals surface area contributed by atoms with Gasteiger partial charge in [0.15, 0.2) is 5.16 Å². The van der Waals surface area contributed by atoms with Crippen LogP contribution in [0.3, 0.4) is 0 Å². The third-order valence-electron chi connectivity index (χ3n) is 4.09. The van der Waals surface area contributed by atoms with Gasteiger partial charge in [-0.1, -0.05) is 53.9 Å². The first-order valence-electron chi connectivity index (χ1n) is 8.42. The highest BCUT2D eigenvalue weighted by Crippen LogP contribution is 2.21. The van der Waals surface area contributed by atoms with Gasteiger partial charge in [0.2, 0.25) is 0 Å². The van der Waals surface area contributed by atoms with E-state index in [0.29, 0.717) is 23.0 Å². The summed E-state index contributed by atoms with van der Waals surface area (Å²) in [5.74, 6) is 6.47. The fraction of sp³-hybridized carbons (Fsp3) is 0.0952. The molecule has 0 radical (unpaired) electrons. The van der Waals surface area contributed by atoms with E-state index >= 15 is 0 Å². The first kappa shape index (κ1) is 17.1. The number of benzene rings is 2. The molecule has 1 N–H and O–H groups in total. The van der Waals surface area contributed by atoms with Gasteiger partial charge in [0.25, 0.3) is 11.5 Å². The summed E-state index contributed by atoms with van der Waals surface area (Å²) in [6, 6.07) is 16.9. The SMILES string of the molecule is O=C(Nc1ccccc1C#Cc1ccccc1)c1cnc2n(c1=O)CCS2. The van der Waals surface area contributed by atoms with E-state index in [-0.39, 0.29) is 11.1 Å². The van der Waals surface area contributed by atoms with Gasteiger partial charge in [0.1, 0.15) is 5.56 Å². The van der Waals surface area contributed by atoms with E-state index in [9.17, 15) is 9.59 Å². The summed E-state index contributed by atoms with van der Waals surface area (Å²) in [7, 11) is 0. The quantitative estimate of drug-likeness (QED) is 0.554. The van der Waals surface area contributed by atoms with Gasteiger partial charge in [-0.3, -0.25) is 14.2 Å². The summed E-state index contributed by atoms with van der Waals surface area (Å²) in [6.07, 6.45) is 1.35. The highest BCUT2D eigenvalue weighted by Gasteiger charge is 2.20. The average molecular weight is 373 g/mol. The maximum atomic E-state index is 12.6. The zero-order valence-electron chi connectivity index (χ0n) is 14.3. The molecule has 6 heteroatoms. The molecule has 0 aliphatic carbocycles. The molecule has 0 fully saturated rings. The van der Waals surface area contributed by atoms with Crippen LogP contribution in [0.5, 0.6) is 0 Å². The van der Waals surface area contributed by atoms with Crippen molar-refractivity contribution in [2.24, 2.45) is 0 Å². The third kappa shape index (κ3) is 3.64. The lowest BCUT2D eigenvalue weighted by Crippen LogP contribution is -2.29. The van der Waals surface area contributed by atoms with E-state index in [1.165, 1.54) is 18.0 Å². The van der Waals surface area contributed by atoms with Crippen molar-refractivity contribution in [3.05, 3.63) is 87.8 Å². The van der Waals surface area contributed by atoms with E-state index in [4.69, 9.17) is 0 Å². The number of thioether (sulfide) groups is 1. The Morgan fingerprint density at radius 1 is 1.07 bits per heavy atom. The molecule has 2 aromatic carbocycles. The van der Waals surface area contributed by atoms with Crippen molar-refractivity contribution in [1.82, 2.24) is 9.55 Å². The molecule has 1 aromatic heterocycles. The van der Waals surface area contributed by atoms with Crippen LogP contribution in [0.4, 0.5) is 5.69 Å². The summed E-state index contributed by atoms with van der Waals surface area (Å²) >= 11 is 1.52. The third-order valence-corrected chi connectivity index (χ3v) is 5.06. The normalized spacial score (nSPS) is 12.0. The Morgan fingerprint density at radius 3 is 2.70 bits per heavy atom. The van der Waals surface area contributed by atoms with Crippen molar-refractivity contribution >= 4 is 23.4 Å². The van der Waals surface area contributed by atoms with Gasteiger partial charge in [-0.15, -0.1) is 0 Å². The maximum Gasteiger partial charge on any atom is 0.267 e. The molecule has 4 rings (SSSR count). The van der Waals surface area contributed by atoms with Crippen molar-refractivity contribution in [3.8, 4) is 11.8 Å². The van der Waals surface area contributed by atoms with Gasteiger partial charge in [-0.05, 0) is 24.3 Å². The number of rotatable bonds is 2. The Kier molecular flexibility index (Phi) is 4.77. The van der Waals surface area contributed by atoms with Gasteiger partial charge in [0.05, 0.1) is 5.69 Å². The first-order valence-corrected chi connectivity index (χ1v) is 9.41. The molecule has 1 aliphatic rings. The minimum absolute atomic E-state index is 0.0343. The summed E-state index contributed by atoms with van der Waals surface area (Å²) in [5, 5.41) is 3.45. The van der Waals surface area contributed by atoms with Crippen LogP contribution in [-0.4, -0.2) is 21.2 Å². The smallest absolute Gasteiger partial charge is 0.267 e.